The standard InChI is InChI=1S/C20H27NO3S/c1-5-19(3,4)16(22)17(23)21(6-2)14-10-13-20(21,18(24)25)15-11-8-7-9-12-15/h7-9,11-12H,5-6,10,13-14H2,1-4H3/t20-,21?/m0/s1. The largest absolute Gasteiger partial charge is 0.863 e. The van der Waals surface area contributed by atoms with E-state index in [0.29, 0.717) is 32.4 Å². The Morgan fingerprint density at radius 2 is 1.84 bits per heavy atom. The van der Waals surface area contributed by atoms with Gasteiger partial charge in [-0.2, -0.15) is 0 Å². The summed E-state index contributed by atoms with van der Waals surface area (Å²) in [5.41, 5.74) is -1.14. The lowest BCUT2D eigenvalue weighted by Gasteiger charge is -2.48. The smallest absolute Gasteiger partial charge is 0.383 e. The molecule has 1 heterocycles. The molecule has 2 atom stereocenters. The molecule has 5 heteroatoms. The topological polar surface area (TPSA) is 57.2 Å². The molecule has 25 heavy (non-hydrogen) atoms. The molecule has 0 spiro atoms. The highest BCUT2D eigenvalue weighted by Gasteiger charge is 2.62. The molecule has 1 aliphatic heterocycles. The highest BCUT2D eigenvalue weighted by molar-refractivity contribution is 7.80. The maximum Gasteiger partial charge on any atom is 0.383 e. The van der Waals surface area contributed by atoms with Crippen molar-refractivity contribution in [3.05, 3.63) is 35.9 Å². The fraction of sp³-hybridized carbons (Fsp3) is 0.550. The Hall–Kier alpha value is -1.59. The minimum absolute atomic E-state index is 0.179. The Morgan fingerprint density at radius 1 is 1.24 bits per heavy atom. The van der Waals surface area contributed by atoms with Gasteiger partial charge in [0.15, 0.2) is 5.54 Å². The van der Waals surface area contributed by atoms with Gasteiger partial charge in [-0.1, -0.05) is 63.3 Å². The molecule has 0 N–H and O–H groups in total. The first-order valence-corrected chi connectivity index (χ1v) is 9.34. The van der Waals surface area contributed by atoms with Crippen LogP contribution in [0.3, 0.4) is 0 Å². The maximum absolute atomic E-state index is 13.4. The predicted octanol–water partition coefficient (Wildman–Crippen LogP) is 2.73. The van der Waals surface area contributed by atoms with Crippen molar-refractivity contribution in [2.24, 2.45) is 5.41 Å². The quantitative estimate of drug-likeness (QED) is 0.444. The summed E-state index contributed by atoms with van der Waals surface area (Å²) < 4.78 is -0.179. The zero-order chi connectivity index (χ0) is 18.9. The van der Waals surface area contributed by atoms with E-state index in [1.54, 1.807) is 13.8 Å². The second-order valence-corrected chi connectivity index (χ2v) is 7.87. The van der Waals surface area contributed by atoms with Crippen molar-refractivity contribution in [3.8, 4) is 0 Å². The summed E-state index contributed by atoms with van der Waals surface area (Å²) in [5.74, 6) is -0.885. The Bertz CT molecular complexity index is 685. The summed E-state index contributed by atoms with van der Waals surface area (Å²) in [6.45, 7) is 8.18. The third-order valence-electron chi connectivity index (χ3n) is 6.02. The van der Waals surface area contributed by atoms with Crippen molar-refractivity contribution < 1.29 is 19.2 Å². The first-order chi connectivity index (χ1) is 11.7. The molecule has 0 saturated carbocycles. The lowest BCUT2D eigenvalue weighted by molar-refractivity contribution is -0.886. The molecule has 2 rings (SSSR count). The number of hydrogen-bond acceptors (Lipinski definition) is 4. The van der Waals surface area contributed by atoms with Crippen LogP contribution in [0.25, 0.3) is 0 Å². The van der Waals surface area contributed by atoms with Gasteiger partial charge in [0.1, 0.15) is 0 Å². The van der Waals surface area contributed by atoms with Gasteiger partial charge in [0.25, 0.3) is 5.78 Å². The number of likely N-dealkylation sites (N-methyl/N-ethyl adjacent to an activating group) is 1. The molecule has 136 valence electrons. The van der Waals surface area contributed by atoms with Crippen molar-refractivity contribution >= 4 is 29.0 Å². The number of amides is 1. The van der Waals surface area contributed by atoms with Crippen LogP contribution in [0.15, 0.2) is 30.3 Å². The molecule has 0 aromatic heterocycles. The van der Waals surface area contributed by atoms with E-state index in [4.69, 9.17) is 12.2 Å². The number of likely N-dealkylation sites (tertiary alicyclic amines) is 1. The van der Waals surface area contributed by atoms with E-state index < -0.39 is 27.7 Å². The highest BCUT2D eigenvalue weighted by atomic mass is 32.1. The van der Waals surface area contributed by atoms with Gasteiger partial charge in [-0.05, 0) is 13.3 Å². The van der Waals surface area contributed by atoms with Crippen LogP contribution in [0, 0.1) is 5.41 Å². The Balaban J connectivity index is 2.67. The Morgan fingerprint density at radius 3 is 2.32 bits per heavy atom. The van der Waals surface area contributed by atoms with Gasteiger partial charge in [0.05, 0.1) is 13.1 Å². The number of carbonyl (C=O) groups excluding carboxylic acids is 2. The number of nitrogens with zero attached hydrogens (tertiary/aromatic N) is 1. The van der Waals surface area contributed by atoms with Crippen LogP contribution in [-0.4, -0.2) is 34.3 Å². The van der Waals surface area contributed by atoms with Crippen LogP contribution >= 0.6 is 12.2 Å². The van der Waals surface area contributed by atoms with Crippen LogP contribution in [0.2, 0.25) is 0 Å². The van der Waals surface area contributed by atoms with E-state index >= 15 is 0 Å². The number of rotatable bonds is 6. The van der Waals surface area contributed by atoms with E-state index in [2.05, 4.69) is 0 Å². The van der Waals surface area contributed by atoms with Gasteiger partial charge in [-0.25, -0.2) is 9.28 Å². The summed E-state index contributed by atoms with van der Waals surface area (Å²) in [5, 5.41) is 12.3. The van der Waals surface area contributed by atoms with Crippen molar-refractivity contribution in [2.45, 2.75) is 52.5 Å². The summed E-state index contributed by atoms with van der Waals surface area (Å²) in [6.07, 6.45) is 1.76. The van der Waals surface area contributed by atoms with Gasteiger partial charge < -0.3 is 5.11 Å². The van der Waals surface area contributed by atoms with Crippen LogP contribution < -0.4 is 5.11 Å². The van der Waals surface area contributed by atoms with Gasteiger partial charge in [-0.3, -0.25) is 4.79 Å². The van der Waals surface area contributed by atoms with E-state index in [1.807, 2.05) is 44.2 Å². The van der Waals surface area contributed by atoms with E-state index in [0.717, 1.165) is 5.56 Å². The first-order valence-electron chi connectivity index (χ1n) is 8.93. The van der Waals surface area contributed by atoms with E-state index in [9.17, 15) is 14.7 Å². The zero-order valence-electron chi connectivity index (χ0n) is 15.5. The third kappa shape index (κ3) is 2.83. The normalized spacial score (nSPS) is 26.4. The average Bonchev–Trinajstić information content (AvgIpc) is 3.02. The molecule has 4 nitrogen and oxygen atoms in total. The Kier molecular flexibility index (Phi) is 5.50. The van der Waals surface area contributed by atoms with Gasteiger partial charge in [0, 0.05) is 28.9 Å². The average molecular weight is 362 g/mol. The van der Waals surface area contributed by atoms with Gasteiger partial charge in [-0.15, -0.1) is 0 Å². The fourth-order valence-electron chi connectivity index (χ4n) is 4.00. The molecule has 1 aromatic rings. The van der Waals surface area contributed by atoms with Crippen molar-refractivity contribution in [2.75, 3.05) is 13.1 Å². The molecular weight excluding hydrogens is 334 g/mol. The minimum Gasteiger partial charge on any atom is -0.863 e. The lowest BCUT2D eigenvalue weighted by atomic mass is 9.81. The number of ketones is 1. The molecule has 1 fully saturated rings. The number of hydrogen-bond donors (Lipinski definition) is 0. The summed E-state index contributed by atoms with van der Waals surface area (Å²) in [6, 6.07) is 9.26. The number of thiocarbonyl (C=S) groups is 1. The number of benzene rings is 1. The summed E-state index contributed by atoms with van der Waals surface area (Å²) >= 11 is 5.16. The molecular formula is C20H27NO3S. The van der Waals surface area contributed by atoms with Crippen LogP contribution in [0.4, 0.5) is 0 Å². The molecule has 1 amide bonds. The Labute approximate surface area is 155 Å². The lowest BCUT2D eigenvalue weighted by Crippen LogP contribution is -2.69. The summed E-state index contributed by atoms with van der Waals surface area (Å²) in [7, 11) is 0. The van der Waals surface area contributed by atoms with Crippen LogP contribution in [-0.2, 0) is 15.1 Å². The van der Waals surface area contributed by atoms with Gasteiger partial charge >= 0.3 is 5.91 Å². The highest BCUT2D eigenvalue weighted by Crippen LogP contribution is 2.46. The molecule has 1 saturated heterocycles. The summed E-state index contributed by atoms with van der Waals surface area (Å²) in [4.78, 5) is 26.4. The molecule has 1 aromatic carbocycles. The van der Waals surface area contributed by atoms with Crippen LogP contribution in [0.1, 0.15) is 52.5 Å². The minimum atomic E-state index is -1.14. The number of quaternary nitrogens is 1. The number of carbonyl (C=O) groups is 2. The molecule has 0 aliphatic carbocycles. The van der Waals surface area contributed by atoms with E-state index in [1.165, 1.54) is 0 Å². The SMILES string of the molecule is CCC(C)(C)C(=O)C(=O)[N+]1(CC)CCC[C@@]1(C([O-])=S)c1ccccc1. The molecule has 1 aliphatic rings. The second kappa shape index (κ2) is 6.96. The number of Topliss-reactive ketones (excluding diaryl/α,β-unsaturated/α-hetero) is 1. The third-order valence-corrected chi connectivity index (χ3v) is 6.36. The van der Waals surface area contributed by atoms with Crippen molar-refractivity contribution in [1.82, 2.24) is 0 Å². The predicted molar refractivity (Wildman–Crippen MR) is 99.7 cm³/mol. The molecule has 1 unspecified atom stereocenters. The second-order valence-electron chi connectivity index (χ2n) is 7.50. The fourth-order valence-corrected chi connectivity index (χ4v) is 4.40. The van der Waals surface area contributed by atoms with Gasteiger partial charge in [0.2, 0.25) is 0 Å². The molecule has 0 bridgehead atoms. The maximum atomic E-state index is 13.4. The monoisotopic (exact) mass is 361 g/mol. The first kappa shape index (κ1) is 19.7. The van der Waals surface area contributed by atoms with Crippen LogP contribution in [0.5, 0.6) is 0 Å². The zero-order valence-corrected chi connectivity index (χ0v) is 16.3. The van der Waals surface area contributed by atoms with E-state index in [-0.39, 0.29) is 4.48 Å². The molecule has 0 radical (unpaired) electrons. The van der Waals surface area contributed by atoms with Crippen molar-refractivity contribution in [1.29, 1.82) is 0 Å². The van der Waals surface area contributed by atoms with Crippen molar-refractivity contribution in [3.63, 3.8) is 0 Å².